The number of hydrogen-bond acceptors (Lipinski definition) is 6. The van der Waals surface area contributed by atoms with Crippen molar-refractivity contribution in [2.24, 2.45) is 11.1 Å². The molecule has 0 aromatic heterocycles. The van der Waals surface area contributed by atoms with Crippen LogP contribution < -0.4 is 21.3 Å². The lowest BCUT2D eigenvalue weighted by molar-refractivity contribution is -0.117. The molecule has 0 radical (unpaired) electrons. The zero-order chi connectivity index (χ0) is 27.3. The summed E-state index contributed by atoms with van der Waals surface area (Å²) in [6.07, 6.45) is 2.15. The largest absolute Gasteiger partial charge is 0.478 e. The third-order valence-corrected chi connectivity index (χ3v) is 6.60. The molecule has 1 aliphatic rings. The lowest BCUT2D eigenvalue weighted by atomic mass is 9.87. The molecule has 0 spiro atoms. The number of aliphatic hydroxyl groups excluding tert-OH is 1. The molecule has 10 heteroatoms. The number of carboxylic acids is 1. The molecule has 1 fully saturated rings. The summed E-state index contributed by atoms with van der Waals surface area (Å²) in [5.41, 5.74) is 6.64. The number of nitrogens with zero attached hydrogens (tertiary/aromatic N) is 1. The lowest BCUT2D eigenvalue weighted by Crippen LogP contribution is -2.48. The molecule has 0 aliphatic carbocycles. The minimum atomic E-state index is -1.20. The van der Waals surface area contributed by atoms with Gasteiger partial charge in [-0.1, -0.05) is 20.8 Å². The molecule has 1 saturated heterocycles. The van der Waals surface area contributed by atoms with Gasteiger partial charge in [0.05, 0.1) is 23.9 Å². The Balaban J connectivity index is 1.86. The minimum Gasteiger partial charge on any atom is -0.478 e. The summed E-state index contributed by atoms with van der Waals surface area (Å²) in [6.45, 7) is 5.91. The van der Waals surface area contributed by atoms with E-state index in [4.69, 9.17) is 11.1 Å². The molecule has 0 unspecified atom stereocenters. The van der Waals surface area contributed by atoms with Gasteiger partial charge in [0, 0.05) is 23.4 Å². The van der Waals surface area contributed by atoms with Gasteiger partial charge in [-0.25, -0.2) is 4.79 Å². The van der Waals surface area contributed by atoms with Crippen molar-refractivity contribution < 1.29 is 24.6 Å². The summed E-state index contributed by atoms with van der Waals surface area (Å²) in [5, 5.41) is 32.8. The second-order valence-electron chi connectivity index (χ2n) is 10.3. The van der Waals surface area contributed by atoms with E-state index in [1.165, 1.54) is 12.1 Å². The predicted molar refractivity (Wildman–Crippen MR) is 142 cm³/mol. The Labute approximate surface area is 216 Å². The van der Waals surface area contributed by atoms with Crippen molar-refractivity contribution in [3.63, 3.8) is 0 Å². The number of carbonyl (C=O) groups is 3. The third kappa shape index (κ3) is 6.65. The van der Waals surface area contributed by atoms with Crippen LogP contribution in [-0.2, 0) is 4.79 Å². The number of amidine groups is 1. The predicted octanol–water partition coefficient (Wildman–Crippen LogP) is 2.80. The van der Waals surface area contributed by atoms with Gasteiger partial charge in [-0.3, -0.25) is 15.0 Å². The van der Waals surface area contributed by atoms with E-state index in [-0.39, 0.29) is 34.9 Å². The first-order chi connectivity index (χ1) is 17.4. The van der Waals surface area contributed by atoms with E-state index in [1.54, 1.807) is 35.2 Å². The van der Waals surface area contributed by atoms with Gasteiger partial charge >= 0.3 is 5.97 Å². The molecule has 7 N–H and O–H groups in total. The van der Waals surface area contributed by atoms with Gasteiger partial charge in [0.15, 0.2) is 0 Å². The average molecular weight is 510 g/mol. The average Bonchev–Trinajstić information content (AvgIpc) is 2.86. The highest BCUT2D eigenvalue weighted by atomic mass is 16.4. The van der Waals surface area contributed by atoms with E-state index >= 15 is 0 Å². The highest BCUT2D eigenvalue weighted by molar-refractivity contribution is 6.03. The molecule has 1 aliphatic heterocycles. The molecular weight excluding hydrogens is 474 g/mol. The number of carbonyl (C=O) groups excluding carboxylic acids is 2. The molecule has 2 aromatic carbocycles. The molecule has 37 heavy (non-hydrogen) atoms. The Morgan fingerprint density at radius 2 is 1.76 bits per heavy atom. The summed E-state index contributed by atoms with van der Waals surface area (Å²) >= 11 is 0. The molecule has 2 aromatic rings. The van der Waals surface area contributed by atoms with E-state index in [1.807, 2.05) is 20.8 Å². The summed E-state index contributed by atoms with van der Waals surface area (Å²) in [6, 6.07) is 9.92. The molecule has 0 saturated carbocycles. The fourth-order valence-electron chi connectivity index (χ4n) is 4.33. The fourth-order valence-corrected chi connectivity index (χ4v) is 4.33. The maximum absolute atomic E-state index is 13.2. The number of nitrogens with two attached hydrogens (primary N) is 1. The van der Waals surface area contributed by atoms with Crippen molar-refractivity contribution >= 4 is 35.0 Å². The van der Waals surface area contributed by atoms with Crippen LogP contribution >= 0.6 is 0 Å². The van der Waals surface area contributed by atoms with Crippen LogP contribution in [0.25, 0.3) is 0 Å². The molecule has 10 nitrogen and oxygen atoms in total. The molecule has 2 amide bonds. The quantitative estimate of drug-likeness (QED) is 0.235. The second-order valence-corrected chi connectivity index (χ2v) is 10.3. The smallest absolute Gasteiger partial charge is 0.337 e. The number of aliphatic hydroxyl groups is 1. The first kappa shape index (κ1) is 27.7. The number of nitrogen functional groups attached to an aromatic ring is 1. The van der Waals surface area contributed by atoms with Crippen LogP contribution in [0.1, 0.15) is 66.3 Å². The number of nitrogens with one attached hydrogen (secondary N) is 3. The summed E-state index contributed by atoms with van der Waals surface area (Å²) in [5.74, 6) is -2.03. The number of piperidine rings is 1. The number of aromatic carboxylic acids is 1. The first-order valence-electron chi connectivity index (χ1n) is 12.2. The van der Waals surface area contributed by atoms with Crippen LogP contribution in [0.5, 0.6) is 0 Å². The van der Waals surface area contributed by atoms with Gasteiger partial charge in [0.1, 0.15) is 11.9 Å². The highest BCUT2D eigenvalue weighted by Gasteiger charge is 2.32. The number of anilines is 2. The highest BCUT2D eigenvalue weighted by Crippen LogP contribution is 2.30. The van der Waals surface area contributed by atoms with E-state index < -0.39 is 24.0 Å². The fraction of sp³-hybridized carbons (Fsp3) is 0.407. The van der Waals surface area contributed by atoms with Crippen LogP contribution in [0.2, 0.25) is 0 Å². The zero-order valence-electron chi connectivity index (χ0n) is 21.4. The Kier molecular flexibility index (Phi) is 8.54. The second kappa shape index (κ2) is 11.4. The first-order valence-corrected chi connectivity index (χ1v) is 12.2. The van der Waals surface area contributed by atoms with Gasteiger partial charge in [0.25, 0.3) is 5.91 Å². The summed E-state index contributed by atoms with van der Waals surface area (Å²) in [4.78, 5) is 40.1. The number of amides is 2. The Bertz CT molecular complexity index is 1170. The van der Waals surface area contributed by atoms with E-state index in [2.05, 4.69) is 10.6 Å². The van der Waals surface area contributed by atoms with Crippen LogP contribution in [0, 0.1) is 10.8 Å². The Hall–Kier alpha value is -3.92. The standard InChI is InChI=1S/C27H35N5O5/c1-27(2,3)22(15-33)31-24(34)17-9-12-20(19(14-17)26(36)37)32-13-5-4-6-21(32)25(35)30-18-10-7-16(8-11-18)23(28)29/h7-12,14,21-22,33H,4-6,13,15H2,1-3H3,(H3,28,29)(H,30,35)(H,31,34)(H,36,37)/t21-,22-/m1/s1. The van der Waals surface area contributed by atoms with Gasteiger partial charge in [-0.15, -0.1) is 0 Å². The molecule has 0 bridgehead atoms. The van der Waals surface area contributed by atoms with Crippen LogP contribution in [-0.4, -0.2) is 59.1 Å². The molecule has 1 heterocycles. The third-order valence-electron chi connectivity index (χ3n) is 6.60. The number of rotatable bonds is 8. The van der Waals surface area contributed by atoms with E-state index in [9.17, 15) is 24.6 Å². The Morgan fingerprint density at radius 3 is 2.32 bits per heavy atom. The van der Waals surface area contributed by atoms with Gasteiger partial charge in [0.2, 0.25) is 5.91 Å². The minimum absolute atomic E-state index is 0.0695. The molecule has 3 rings (SSSR count). The maximum Gasteiger partial charge on any atom is 0.337 e. The van der Waals surface area contributed by atoms with Gasteiger partial charge in [-0.05, 0) is 67.1 Å². The van der Waals surface area contributed by atoms with E-state index in [0.29, 0.717) is 29.9 Å². The van der Waals surface area contributed by atoms with Crippen molar-refractivity contribution in [3.05, 3.63) is 59.2 Å². The van der Waals surface area contributed by atoms with Crippen LogP contribution in [0.4, 0.5) is 11.4 Å². The van der Waals surface area contributed by atoms with Crippen LogP contribution in [0.3, 0.4) is 0 Å². The van der Waals surface area contributed by atoms with Crippen molar-refractivity contribution in [3.8, 4) is 0 Å². The van der Waals surface area contributed by atoms with Crippen LogP contribution in [0.15, 0.2) is 42.5 Å². The number of carboxylic acid groups (broad SMARTS) is 1. The molecule has 2 atom stereocenters. The monoisotopic (exact) mass is 509 g/mol. The summed E-state index contributed by atoms with van der Waals surface area (Å²) in [7, 11) is 0. The van der Waals surface area contributed by atoms with Gasteiger partial charge < -0.3 is 31.5 Å². The molecule has 198 valence electrons. The molecular formula is C27H35N5O5. The summed E-state index contributed by atoms with van der Waals surface area (Å²) < 4.78 is 0. The van der Waals surface area contributed by atoms with E-state index in [0.717, 1.165) is 12.8 Å². The van der Waals surface area contributed by atoms with Crippen molar-refractivity contribution in [2.45, 2.75) is 52.1 Å². The SMILES string of the molecule is CC(C)(C)[C@@H](CO)NC(=O)c1ccc(N2CCCC[C@@H]2C(=O)Nc2ccc(C(=N)N)cc2)c(C(=O)O)c1. The maximum atomic E-state index is 13.2. The Morgan fingerprint density at radius 1 is 1.11 bits per heavy atom. The normalized spacial score (nSPS) is 16.5. The van der Waals surface area contributed by atoms with Crippen molar-refractivity contribution in [1.29, 1.82) is 5.41 Å². The number of hydrogen-bond donors (Lipinski definition) is 6. The topological polar surface area (TPSA) is 169 Å². The zero-order valence-corrected chi connectivity index (χ0v) is 21.4. The van der Waals surface area contributed by atoms with Gasteiger partial charge in [-0.2, -0.15) is 0 Å². The van der Waals surface area contributed by atoms with Crippen molar-refractivity contribution in [1.82, 2.24) is 5.32 Å². The lowest BCUT2D eigenvalue weighted by Gasteiger charge is -2.37. The number of benzene rings is 2. The van der Waals surface area contributed by atoms with Crippen molar-refractivity contribution in [2.75, 3.05) is 23.4 Å².